The van der Waals surface area contributed by atoms with E-state index in [-0.39, 0.29) is 12.2 Å². The predicted molar refractivity (Wildman–Crippen MR) is 76.2 cm³/mol. The summed E-state index contributed by atoms with van der Waals surface area (Å²) in [5.41, 5.74) is 1.25. The minimum absolute atomic E-state index is 0.131. The van der Waals surface area contributed by atoms with Gasteiger partial charge in [0.2, 0.25) is 0 Å². The molecule has 0 saturated heterocycles. The molecule has 0 aliphatic carbocycles. The number of pyridine rings is 1. The van der Waals surface area contributed by atoms with Crippen LogP contribution in [0.5, 0.6) is 0 Å². The highest BCUT2D eigenvalue weighted by Crippen LogP contribution is 2.20. The summed E-state index contributed by atoms with van der Waals surface area (Å²) >= 11 is 0. The highest BCUT2D eigenvalue weighted by Gasteiger charge is 2.10. The molecule has 1 aromatic heterocycles. The fraction of sp³-hybridized carbons (Fsp3) is 0.0588. The topological polar surface area (TPSA) is 30.0 Å². The van der Waals surface area contributed by atoms with Gasteiger partial charge in [-0.2, -0.15) is 0 Å². The van der Waals surface area contributed by atoms with Gasteiger partial charge in [0.25, 0.3) is 0 Å². The second kappa shape index (κ2) is 5.21. The maximum absolute atomic E-state index is 13.1. The first-order chi connectivity index (χ1) is 9.74. The molecule has 3 heteroatoms. The molecule has 1 heterocycles. The number of carbonyl (C=O) groups excluding carboxylic acids is 1. The third-order valence-corrected chi connectivity index (χ3v) is 3.26. The Morgan fingerprint density at radius 2 is 1.85 bits per heavy atom. The van der Waals surface area contributed by atoms with Gasteiger partial charge in [-0.1, -0.05) is 42.5 Å². The number of rotatable bonds is 3. The molecule has 0 saturated carbocycles. The third-order valence-electron chi connectivity index (χ3n) is 3.26. The summed E-state index contributed by atoms with van der Waals surface area (Å²) in [6.07, 6.45) is 2.73. The van der Waals surface area contributed by atoms with Gasteiger partial charge < -0.3 is 0 Å². The van der Waals surface area contributed by atoms with E-state index in [0.29, 0.717) is 5.56 Å². The lowest BCUT2D eigenvalue weighted by Crippen LogP contribution is -2.05. The van der Waals surface area contributed by atoms with Crippen LogP contribution in [0.15, 0.2) is 60.9 Å². The number of aromatic nitrogens is 1. The molecule has 2 aromatic carbocycles. The van der Waals surface area contributed by atoms with Gasteiger partial charge in [0, 0.05) is 18.2 Å². The van der Waals surface area contributed by atoms with E-state index in [0.717, 1.165) is 22.5 Å². The van der Waals surface area contributed by atoms with Crippen molar-refractivity contribution >= 4 is 16.6 Å². The summed E-state index contributed by atoms with van der Waals surface area (Å²) in [7, 11) is 0. The average Bonchev–Trinajstić information content (AvgIpc) is 2.47. The van der Waals surface area contributed by atoms with E-state index in [9.17, 15) is 9.18 Å². The van der Waals surface area contributed by atoms with Crippen molar-refractivity contribution in [3.05, 3.63) is 77.9 Å². The highest BCUT2D eigenvalue weighted by molar-refractivity contribution is 5.99. The standard InChI is InChI=1S/C17H12FNO/c18-15-8-14(10-19-11-15)17(20)9-13-6-3-5-12-4-1-2-7-16(12)13/h1-8,10-11H,9H2. The molecule has 0 amide bonds. The second-order valence-corrected chi connectivity index (χ2v) is 4.63. The van der Waals surface area contributed by atoms with Crippen molar-refractivity contribution < 1.29 is 9.18 Å². The van der Waals surface area contributed by atoms with Crippen LogP contribution in [-0.2, 0) is 6.42 Å². The minimum Gasteiger partial charge on any atom is -0.294 e. The minimum atomic E-state index is -0.492. The molecule has 0 fully saturated rings. The quantitative estimate of drug-likeness (QED) is 0.674. The molecule has 0 radical (unpaired) electrons. The zero-order valence-electron chi connectivity index (χ0n) is 10.7. The van der Waals surface area contributed by atoms with Crippen LogP contribution in [-0.4, -0.2) is 10.8 Å². The Morgan fingerprint density at radius 3 is 2.70 bits per heavy atom. The molecule has 0 unspecified atom stereocenters. The lowest BCUT2D eigenvalue weighted by atomic mass is 9.98. The number of ketones is 1. The maximum atomic E-state index is 13.1. The first kappa shape index (κ1) is 12.5. The maximum Gasteiger partial charge on any atom is 0.168 e. The molecule has 20 heavy (non-hydrogen) atoms. The van der Waals surface area contributed by atoms with Crippen LogP contribution in [0.2, 0.25) is 0 Å². The Morgan fingerprint density at radius 1 is 1.05 bits per heavy atom. The molecule has 2 nitrogen and oxygen atoms in total. The van der Waals surface area contributed by atoms with E-state index in [4.69, 9.17) is 0 Å². The zero-order chi connectivity index (χ0) is 13.9. The largest absolute Gasteiger partial charge is 0.294 e. The molecule has 3 rings (SSSR count). The number of hydrogen-bond donors (Lipinski definition) is 0. The Hall–Kier alpha value is -2.55. The fourth-order valence-electron chi connectivity index (χ4n) is 2.29. The van der Waals surface area contributed by atoms with Gasteiger partial charge in [-0.15, -0.1) is 0 Å². The number of hydrogen-bond acceptors (Lipinski definition) is 2. The SMILES string of the molecule is O=C(Cc1cccc2ccccc12)c1cncc(F)c1. The van der Waals surface area contributed by atoms with Gasteiger partial charge in [-0.05, 0) is 22.4 Å². The third kappa shape index (κ3) is 2.43. The highest BCUT2D eigenvalue weighted by atomic mass is 19.1. The van der Waals surface area contributed by atoms with Gasteiger partial charge in [-0.25, -0.2) is 4.39 Å². The summed E-state index contributed by atoms with van der Waals surface area (Å²) in [4.78, 5) is 15.9. The zero-order valence-corrected chi connectivity index (χ0v) is 10.7. The van der Waals surface area contributed by atoms with E-state index in [1.54, 1.807) is 0 Å². The predicted octanol–water partition coefficient (Wildman–Crippen LogP) is 3.80. The Labute approximate surface area is 115 Å². The monoisotopic (exact) mass is 265 g/mol. The van der Waals surface area contributed by atoms with E-state index in [2.05, 4.69) is 4.98 Å². The van der Waals surface area contributed by atoms with E-state index in [1.807, 2.05) is 42.5 Å². The van der Waals surface area contributed by atoms with Crippen LogP contribution in [0.1, 0.15) is 15.9 Å². The molecular formula is C17H12FNO. The Kier molecular flexibility index (Phi) is 3.25. The van der Waals surface area contributed by atoms with Crippen molar-refractivity contribution in [3.63, 3.8) is 0 Å². The molecule has 0 aliphatic rings. The van der Waals surface area contributed by atoms with Crippen LogP contribution in [0.4, 0.5) is 4.39 Å². The van der Waals surface area contributed by atoms with Gasteiger partial charge in [0.15, 0.2) is 5.78 Å². The summed E-state index contributed by atoms with van der Waals surface area (Å²) < 4.78 is 13.1. The average molecular weight is 265 g/mol. The van der Waals surface area contributed by atoms with Crippen molar-refractivity contribution in [2.24, 2.45) is 0 Å². The molecular weight excluding hydrogens is 253 g/mol. The van der Waals surface area contributed by atoms with Crippen LogP contribution in [0.25, 0.3) is 10.8 Å². The smallest absolute Gasteiger partial charge is 0.168 e. The van der Waals surface area contributed by atoms with Crippen LogP contribution in [0.3, 0.4) is 0 Å². The summed E-state index contributed by atoms with van der Waals surface area (Å²) in [6.45, 7) is 0. The van der Waals surface area contributed by atoms with Crippen molar-refractivity contribution in [2.45, 2.75) is 6.42 Å². The van der Waals surface area contributed by atoms with E-state index in [1.165, 1.54) is 12.3 Å². The van der Waals surface area contributed by atoms with Crippen molar-refractivity contribution in [3.8, 4) is 0 Å². The number of Topliss-reactive ketones (excluding diaryl/α,β-unsaturated/α-hetero) is 1. The molecule has 98 valence electrons. The second-order valence-electron chi connectivity index (χ2n) is 4.63. The summed E-state index contributed by atoms with van der Waals surface area (Å²) in [5, 5.41) is 2.14. The molecule has 0 atom stereocenters. The number of halogens is 1. The fourth-order valence-corrected chi connectivity index (χ4v) is 2.29. The summed E-state index contributed by atoms with van der Waals surface area (Å²) in [5.74, 6) is -0.623. The van der Waals surface area contributed by atoms with E-state index < -0.39 is 5.82 Å². The molecule has 3 aromatic rings. The Balaban J connectivity index is 1.95. The van der Waals surface area contributed by atoms with Gasteiger partial charge in [-0.3, -0.25) is 9.78 Å². The van der Waals surface area contributed by atoms with Crippen LogP contribution < -0.4 is 0 Å². The number of nitrogens with zero attached hydrogens (tertiary/aromatic N) is 1. The van der Waals surface area contributed by atoms with Gasteiger partial charge in [0.1, 0.15) is 5.82 Å². The van der Waals surface area contributed by atoms with Crippen LogP contribution >= 0.6 is 0 Å². The Bertz CT molecular complexity index is 777. The number of benzene rings is 2. The van der Waals surface area contributed by atoms with E-state index >= 15 is 0 Å². The molecule has 0 aliphatic heterocycles. The first-order valence-electron chi connectivity index (χ1n) is 6.34. The van der Waals surface area contributed by atoms with Crippen LogP contribution in [0, 0.1) is 5.82 Å². The van der Waals surface area contributed by atoms with Crippen molar-refractivity contribution in [1.82, 2.24) is 4.98 Å². The lowest BCUT2D eigenvalue weighted by molar-refractivity contribution is 0.0992. The van der Waals surface area contributed by atoms with Gasteiger partial charge >= 0.3 is 0 Å². The number of carbonyl (C=O) groups is 1. The molecule has 0 N–H and O–H groups in total. The van der Waals surface area contributed by atoms with Crippen molar-refractivity contribution in [2.75, 3.05) is 0 Å². The number of fused-ring (bicyclic) bond motifs is 1. The van der Waals surface area contributed by atoms with Gasteiger partial charge in [0.05, 0.1) is 6.20 Å². The molecule has 0 bridgehead atoms. The normalized spacial score (nSPS) is 10.7. The first-order valence-corrected chi connectivity index (χ1v) is 6.34. The summed E-state index contributed by atoms with van der Waals surface area (Å²) in [6, 6.07) is 15.0. The molecule has 0 spiro atoms. The lowest BCUT2D eigenvalue weighted by Gasteiger charge is -2.06. The van der Waals surface area contributed by atoms with Crippen molar-refractivity contribution in [1.29, 1.82) is 0 Å².